The van der Waals surface area contributed by atoms with Crippen LogP contribution >= 0.6 is 0 Å². The van der Waals surface area contributed by atoms with Gasteiger partial charge in [-0.05, 0) is 45.5 Å². The molecule has 0 spiro atoms. The molecule has 1 nitrogen and oxygen atoms in total. The van der Waals surface area contributed by atoms with E-state index in [4.69, 9.17) is 0 Å². The molecule has 2 heteroatoms. The topological polar surface area (TPSA) is 30.0 Å². The Morgan fingerprint density at radius 1 is 1.00 bits per heavy atom. The molecule has 10 heavy (non-hydrogen) atoms. The molecule has 0 aromatic rings. The molecule has 0 bridgehead atoms. The van der Waals surface area contributed by atoms with Gasteiger partial charge in [0.2, 0.25) is 0 Å². The molecule has 0 radical (unpaired) electrons. The summed E-state index contributed by atoms with van der Waals surface area (Å²) < 4.78 is 0. The van der Waals surface area contributed by atoms with Crippen LogP contribution in [0.5, 0.6) is 0 Å². The third kappa shape index (κ3) is 4.18. The first-order valence-electron chi connectivity index (χ1n) is 3.78. The molecule has 0 heterocycles. The van der Waals surface area contributed by atoms with Crippen LogP contribution in [0.15, 0.2) is 0 Å². The third-order valence-corrected chi connectivity index (χ3v) is 4.63. The van der Waals surface area contributed by atoms with Crippen LogP contribution in [0.3, 0.4) is 0 Å². The summed E-state index contributed by atoms with van der Waals surface area (Å²) in [6.45, 7) is 11.6. The summed E-state index contributed by atoms with van der Waals surface area (Å²) in [5.74, 6) is 1.36. The van der Waals surface area contributed by atoms with Gasteiger partial charge in [0.05, 0.1) is 0 Å². The maximum absolute atomic E-state index is 2.33. The highest BCUT2D eigenvalue weighted by Gasteiger charge is 2.23. The first-order chi connectivity index (χ1) is 4.09. The molecule has 0 aliphatic heterocycles. The van der Waals surface area contributed by atoms with Gasteiger partial charge in [-0.15, -0.1) is 0 Å². The zero-order valence-electron chi connectivity index (χ0n) is 7.72. The predicted molar refractivity (Wildman–Crippen MR) is 50.1 cm³/mol. The van der Waals surface area contributed by atoms with Crippen molar-refractivity contribution in [3.8, 4) is 0 Å². The molecule has 0 rings (SSSR count). The Morgan fingerprint density at radius 2 is 1.30 bits per heavy atom. The van der Waals surface area contributed by atoms with Crippen LogP contribution in [0.25, 0.3) is 0 Å². The molecule has 0 aromatic heterocycles. The molecule has 0 fully saturated rings. The van der Waals surface area contributed by atoms with Crippen molar-refractivity contribution in [2.75, 3.05) is 5.75 Å². The summed E-state index contributed by atoms with van der Waals surface area (Å²) in [6.07, 6.45) is 0. The molecule has 0 aliphatic rings. The lowest BCUT2D eigenvalue weighted by Crippen LogP contribution is -2.25. The monoisotopic (exact) mass is 164 g/mol. The minimum absolute atomic E-state index is 0. The fourth-order valence-corrected chi connectivity index (χ4v) is 3.63. The Labute approximate surface area is 67.9 Å². The van der Waals surface area contributed by atoms with Gasteiger partial charge in [-0.2, -0.15) is 0 Å². The van der Waals surface area contributed by atoms with Gasteiger partial charge < -0.3 is 5.48 Å². The molecule has 0 amide bonds. The van der Waals surface area contributed by atoms with Crippen molar-refractivity contribution in [1.82, 2.24) is 0 Å². The lowest BCUT2D eigenvalue weighted by Gasteiger charge is -2.13. The minimum atomic E-state index is 0. The average molecular weight is 164 g/mol. The maximum Gasteiger partial charge on any atom is 0.112 e. The standard InChI is InChI=1S/C8H19S.H2O/c1-6-9(7(2)3)8(4)5;/h7-8H,6H2,1-5H3;1H2/q+1;/p-1. The smallest absolute Gasteiger partial charge is 0.112 e. The average Bonchev–Trinajstić information content (AvgIpc) is 1.64. The number of rotatable bonds is 3. The summed E-state index contributed by atoms with van der Waals surface area (Å²) in [5, 5.41) is 1.77. The Balaban J connectivity index is 0. The van der Waals surface area contributed by atoms with Crippen molar-refractivity contribution >= 4 is 10.9 Å². The summed E-state index contributed by atoms with van der Waals surface area (Å²) in [6, 6.07) is 0. The second kappa shape index (κ2) is 6.05. The van der Waals surface area contributed by atoms with E-state index in [0.29, 0.717) is 10.9 Å². The molecule has 0 saturated carbocycles. The Morgan fingerprint density at radius 3 is 1.30 bits per heavy atom. The summed E-state index contributed by atoms with van der Waals surface area (Å²) in [5.41, 5.74) is 0. The molecule has 1 N–H and O–H groups in total. The van der Waals surface area contributed by atoms with E-state index in [1.54, 1.807) is 0 Å². The highest BCUT2D eigenvalue weighted by Crippen LogP contribution is 2.11. The molecular formula is C8H20OS. The molecule has 0 saturated heterocycles. The Bertz CT molecular complexity index is 63.7. The summed E-state index contributed by atoms with van der Waals surface area (Å²) in [7, 11) is 0.665. The zero-order valence-corrected chi connectivity index (χ0v) is 8.53. The van der Waals surface area contributed by atoms with Crippen LogP contribution in [0, 0.1) is 0 Å². The summed E-state index contributed by atoms with van der Waals surface area (Å²) in [4.78, 5) is 0. The van der Waals surface area contributed by atoms with Crippen LogP contribution in [-0.4, -0.2) is 21.7 Å². The first kappa shape index (κ1) is 12.9. The van der Waals surface area contributed by atoms with Crippen molar-refractivity contribution in [3.05, 3.63) is 0 Å². The zero-order chi connectivity index (χ0) is 7.44. The van der Waals surface area contributed by atoms with Gasteiger partial charge in [0, 0.05) is 0 Å². The first-order valence-corrected chi connectivity index (χ1v) is 5.30. The van der Waals surface area contributed by atoms with Crippen LogP contribution in [0.4, 0.5) is 0 Å². The van der Waals surface area contributed by atoms with Gasteiger partial charge >= 0.3 is 0 Å². The largest absolute Gasteiger partial charge is 0.870 e. The third-order valence-electron chi connectivity index (χ3n) is 1.54. The van der Waals surface area contributed by atoms with E-state index in [1.165, 1.54) is 5.75 Å². The van der Waals surface area contributed by atoms with Crippen molar-refractivity contribution in [2.24, 2.45) is 0 Å². The van der Waals surface area contributed by atoms with Crippen LogP contribution < -0.4 is 0 Å². The Hall–Kier alpha value is 0.310. The van der Waals surface area contributed by atoms with Crippen molar-refractivity contribution in [1.29, 1.82) is 0 Å². The summed E-state index contributed by atoms with van der Waals surface area (Å²) >= 11 is 0. The van der Waals surface area contributed by atoms with E-state index >= 15 is 0 Å². The highest BCUT2D eigenvalue weighted by atomic mass is 32.2. The van der Waals surface area contributed by atoms with Gasteiger partial charge in [0.25, 0.3) is 0 Å². The SMILES string of the molecule is CC[S+](C(C)C)C(C)C.[OH-]. The van der Waals surface area contributed by atoms with Gasteiger partial charge in [-0.1, -0.05) is 0 Å². The van der Waals surface area contributed by atoms with E-state index in [2.05, 4.69) is 34.6 Å². The van der Waals surface area contributed by atoms with Crippen LogP contribution in [0.2, 0.25) is 0 Å². The normalized spacial score (nSPS) is 10.8. The minimum Gasteiger partial charge on any atom is -0.870 e. The van der Waals surface area contributed by atoms with Gasteiger partial charge in [-0.25, -0.2) is 0 Å². The van der Waals surface area contributed by atoms with Crippen molar-refractivity contribution in [2.45, 2.75) is 45.1 Å². The van der Waals surface area contributed by atoms with Crippen molar-refractivity contribution in [3.63, 3.8) is 0 Å². The predicted octanol–water partition coefficient (Wildman–Crippen LogP) is 2.26. The highest BCUT2D eigenvalue weighted by molar-refractivity contribution is 7.97. The van der Waals surface area contributed by atoms with E-state index in [9.17, 15) is 0 Å². The molecule has 0 aromatic carbocycles. The fraction of sp³-hybridized carbons (Fsp3) is 1.00. The van der Waals surface area contributed by atoms with Gasteiger partial charge in [0.15, 0.2) is 0 Å². The van der Waals surface area contributed by atoms with E-state index in [1.807, 2.05) is 0 Å². The van der Waals surface area contributed by atoms with E-state index in [-0.39, 0.29) is 5.48 Å². The van der Waals surface area contributed by atoms with Crippen molar-refractivity contribution < 1.29 is 5.48 Å². The van der Waals surface area contributed by atoms with E-state index in [0.717, 1.165) is 10.5 Å². The molecular weight excluding hydrogens is 144 g/mol. The molecule has 0 aliphatic carbocycles. The molecule has 0 unspecified atom stereocenters. The maximum atomic E-state index is 2.33. The van der Waals surface area contributed by atoms with Gasteiger partial charge in [0.1, 0.15) is 16.3 Å². The quantitative estimate of drug-likeness (QED) is 0.588. The fourth-order valence-electron chi connectivity index (χ4n) is 1.21. The number of hydrogen-bond acceptors (Lipinski definition) is 1. The van der Waals surface area contributed by atoms with E-state index < -0.39 is 0 Å². The lowest BCUT2D eigenvalue weighted by molar-refractivity contribution is 0.824. The second-order valence-corrected chi connectivity index (χ2v) is 6.26. The van der Waals surface area contributed by atoms with Gasteiger partial charge in [-0.3, -0.25) is 0 Å². The Kier molecular flexibility index (Phi) is 7.83. The number of hydrogen-bond donors (Lipinski definition) is 0. The second-order valence-electron chi connectivity index (χ2n) is 2.86. The molecule has 64 valence electrons. The lowest BCUT2D eigenvalue weighted by atomic mass is 10.5. The van der Waals surface area contributed by atoms with Crippen LogP contribution in [-0.2, 0) is 10.9 Å². The van der Waals surface area contributed by atoms with Crippen LogP contribution in [0.1, 0.15) is 34.6 Å². The molecule has 0 atom stereocenters.